The average molecular weight is 468 g/mol. The zero-order valence-corrected chi connectivity index (χ0v) is 19.3. The van der Waals surface area contributed by atoms with Crippen molar-refractivity contribution in [3.8, 4) is 11.5 Å². The predicted octanol–water partition coefficient (Wildman–Crippen LogP) is 3.36. The maximum absolute atomic E-state index is 12.7. The van der Waals surface area contributed by atoms with Gasteiger partial charge in [-0.3, -0.25) is 9.10 Å². The average Bonchev–Trinajstić information content (AvgIpc) is 3.26. The number of halogens is 1. The van der Waals surface area contributed by atoms with Crippen molar-refractivity contribution in [2.45, 2.75) is 12.8 Å². The fraction of sp³-hybridized carbons (Fsp3) is 0.381. The van der Waals surface area contributed by atoms with E-state index in [2.05, 4.69) is 10.2 Å². The van der Waals surface area contributed by atoms with Gasteiger partial charge in [0.1, 0.15) is 18.0 Å². The van der Waals surface area contributed by atoms with Crippen LogP contribution in [0.2, 0.25) is 5.02 Å². The van der Waals surface area contributed by atoms with Crippen LogP contribution >= 0.6 is 11.6 Å². The van der Waals surface area contributed by atoms with E-state index < -0.39 is 22.5 Å². The molecular formula is C21H26ClN3O5S. The van der Waals surface area contributed by atoms with Gasteiger partial charge in [-0.2, -0.15) is 0 Å². The molecule has 0 atom stereocenters. The normalized spacial score (nSPS) is 13.7. The number of carbonyl (C=O) groups excluding carboxylic acids is 1. The maximum Gasteiger partial charge on any atom is 0.245 e. The largest absolute Gasteiger partial charge is 0.495 e. The van der Waals surface area contributed by atoms with E-state index in [1.54, 1.807) is 0 Å². The number of rotatable bonds is 8. The van der Waals surface area contributed by atoms with Crippen molar-refractivity contribution in [2.24, 2.45) is 0 Å². The number of hydrogen-bond acceptors (Lipinski definition) is 6. The zero-order valence-electron chi connectivity index (χ0n) is 17.7. The number of amides is 1. The summed E-state index contributed by atoms with van der Waals surface area (Å²) < 4.78 is 36.4. The molecule has 3 rings (SSSR count). The first kappa shape index (κ1) is 23.0. The van der Waals surface area contributed by atoms with Gasteiger partial charge in [-0.25, -0.2) is 8.42 Å². The summed E-state index contributed by atoms with van der Waals surface area (Å²) in [7, 11) is -0.996. The fourth-order valence-corrected chi connectivity index (χ4v) is 4.56. The van der Waals surface area contributed by atoms with Crippen LogP contribution in [0.5, 0.6) is 11.5 Å². The topological polar surface area (TPSA) is 88.2 Å². The van der Waals surface area contributed by atoms with E-state index in [0.717, 1.165) is 29.3 Å². The summed E-state index contributed by atoms with van der Waals surface area (Å²) in [5, 5.41) is 3.01. The molecule has 1 aliphatic heterocycles. The molecule has 10 heteroatoms. The van der Waals surface area contributed by atoms with E-state index >= 15 is 0 Å². The van der Waals surface area contributed by atoms with E-state index in [-0.39, 0.29) is 22.2 Å². The Morgan fingerprint density at radius 2 is 1.71 bits per heavy atom. The Bertz CT molecular complexity index is 1040. The number of benzene rings is 2. The number of anilines is 3. The van der Waals surface area contributed by atoms with Crippen LogP contribution in [0.25, 0.3) is 0 Å². The Morgan fingerprint density at radius 3 is 2.26 bits per heavy atom. The highest BCUT2D eigenvalue weighted by atomic mass is 35.5. The number of nitrogens with one attached hydrogen (secondary N) is 1. The van der Waals surface area contributed by atoms with Gasteiger partial charge in [-0.05, 0) is 37.1 Å². The number of carbonyl (C=O) groups is 1. The summed E-state index contributed by atoms with van der Waals surface area (Å²) in [6.07, 6.45) is 3.38. The standard InChI is InChI=1S/C21H26ClN3O5S/c1-29-19-13-18(20(30-2)12-17(19)22)25(31(3,27)28)14-21(26)23-15-6-8-16(9-7-15)24-10-4-5-11-24/h6-9,12-13H,4-5,10-11,14H2,1-3H3,(H,23,26). The molecule has 1 amide bonds. The first-order chi connectivity index (χ1) is 14.7. The molecule has 31 heavy (non-hydrogen) atoms. The van der Waals surface area contributed by atoms with Gasteiger partial charge < -0.3 is 19.7 Å². The highest BCUT2D eigenvalue weighted by Gasteiger charge is 2.26. The summed E-state index contributed by atoms with van der Waals surface area (Å²) in [6, 6.07) is 10.4. The molecule has 0 unspecified atom stereocenters. The van der Waals surface area contributed by atoms with E-state index in [4.69, 9.17) is 21.1 Å². The lowest BCUT2D eigenvalue weighted by atomic mass is 10.2. The molecule has 2 aromatic rings. The minimum atomic E-state index is -3.81. The summed E-state index contributed by atoms with van der Waals surface area (Å²) in [6.45, 7) is 1.62. The van der Waals surface area contributed by atoms with E-state index in [1.807, 2.05) is 24.3 Å². The minimum absolute atomic E-state index is 0.158. The van der Waals surface area contributed by atoms with Gasteiger partial charge in [-0.1, -0.05) is 11.6 Å². The van der Waals surface area contributed by atoms with E-state index in [1.165, 1.54) is 39.2 Å². The van der Waals surface area contributed by atoms with Crippen molar-refractivity contribution in [1.29, 1.82) is 0 Å². The highest BCUT2D eigenvalue weighted by molar-refractivity contribution is 7.92. The first-order valence-electron chi connectivity index (χ1n) is 9.77. The first-order valence-corrected chi connectivity index (χ1v) is 12.0. The maximum atomic E-state index is 12.7. The van der Waals surface area contributed by atoms with Crippen LogP contribution in [0.15, 0.2) is 36.4 Å². The summed E-state index contributed by atoms with van der Waals surface area (Å²) in [5.74, 6) is -0.0154. The minimum Gasteiger partial charge on any atom is -0.495 e. The highest BCUT2D eigenvalue weighted by Crippen LogP contribution is 2.39. The number of hydrogen-bond donors (Lipinski definition) is 1. The monoisotopic (exact) mass is 467 g/mol. The molecule has 1 aliphatic rings. The second kappa shape index (κ2) is 9.65. The Hall–Kier alpha value is -2.65. The van der Waals surface area contributed by atoms with Crippen LogP contribution in [-0.4, -0.2) is 54.4 Å². The molecule has 0 aromatic heterocycles. The van der Waals surface area contributed by atoms with Crippen molar-refractivity contribution in [3.05, 3.63) is 41.4 Å². The third kappa shape index (κ3) is 5.54. The van der Waals surface area contributed by atoms with Crippen molar-refractivity contribution in [2.75, 3.05) is 54.6 Å². The molecule has 0 spiro atoms. The SMILES string of the molecule is COc1cc(N(CC(=O)Nc2ccc(N3CCCC3)cc2)S(C)(=O)=O)c(OC)cc1Cl. The molecule has 0 bridgehead atoms. The van der Waals surface area contributed by atoms with Crippen LogP contribution in [0, 0.1) is 0 Å². The zero-order chi connectivity index (χ0) is 22.6. The number of sulfonamides is 1. The van der Waals surface area contributed by atoms with Gasteiger partial charge in [0.25, 0.3) is 0 Å². The quantitative estimate of drug-likeness (QED) is 0.640. The third-order valence-corrected chi connectivity index (χ3v) is 6.45. The fourth-order valence-electron chi connectivity index (χ4n) is 3.48. The Kier molecular flexibility index (Phi) is 7.17. The Balaban J connectivity index is 1.79. The molecule has 2 aromatic carbocycles. The summed E-state index contributed by atoms with van der Waals surface area (Å²) in [4.78, 5) is 15.0. The molecule has 0 radical (unpaired) electrons. The Morgan fingerprint density at radius 1 is 1.10 bits per heavy atom. The van der Waals surface area contributed by atoms with Gasteiger partial charge in [0.15, 0.2) is 0 Å². The van der Waals surface area contributed by atoms with Gasteiger partial charge in [0.2, 0.25) is 15.9 Å². The van der Waals surface area contributed by atoms with Gasteiger partial charge in [0.05, 0.1) is 31.2 Å². The van der Waals surface area contributed by atoms with Gasteiger partial charge in [0, 0.05) is 36.6 Å². The van der Waals surface area contributed by atoms with Gasteiger partial charge >= 0.3 is 0 Å². The molecule has 8 nitrogen and oxygen atoms in total. The lowest BCUT2D eigenvalue weighted by Crippen LogP contribution is -2.37. The third-order valence-electron chi connectivity index (χ3n) is 5.03. The van der Waals surface area contributed by atoms with Crippen LogP contribution in [0.3, 0.4) is 0 Å². The molecule has 1 fully saturated rings. The van der Waals surface area contributed by atoms with Crippen molar-refractivity contribution in [1.82, 2.24) is 0 Å². The second-order valence-corrected chi connectivity index (χ2v) is 9.53. The summed E-state index contributed by atoms with van der Waals surface area (Å²) >= 11 is 6.12. The number of methoxy groups -OCH3 is 2. The smallest absolute Gasteiger partial charge is 0.245 e. The molecule has 1 N–H and O–H groups in total. The predicted molar refractivity (Wildman–Crippen MR) is 123 cm³/mol. The van der Waals surface area contributed by atoms with E-state index in [9.17, 15) is 13.2 Å². The second-order valence-electron chi connectivity index (χ2n) is 7.22. The lowest BCUT2D eigenvalue weighted by Gasteiger charge is -2.24. The van der Waals surface area contributed by atoms with Crippen LogP contribution < -0.4 is 24.0 Å². The molecule has 1 saturated heterocycles. The molecule has 1 heterocycles. The van der Waals surface area contributed by atoms with Crippen molar-refractivity contribution < 1.29 is 22.7 Å². The van der Waals surface area contributed by atoms with Crippen LogP contribution in [-0.2, 0) is 14.8 Å². The van der Waals surface area contributed by atoms with Crippen LogP contribution in [0.4, 0.5) is 17.1 Å². The van der Waals surface area contributed by atoms with Gasteiger partial charge in [-0.15, -0.1) is 0 Å². The molecule has 168 valence electrons. The number of ether oxygens (including phenoxy) is 2. The summed E-state index contributed by atoms with van der Waals surface area (Å²) in [5.41, 5.74) is 1.85. The van der Waals surface area contributed by atoms with Crippen molar-refractivity contribution >= 4 is 44.6 Å². The Labute approximate surface area is 187 Å². The molecule has 0 saturated carbocycles. The molecule has 0 aliphatic carbocycles. The van der Waals surface area contributed by atoms with E-state index in [0.29, 0.717) is 5.69 Å². The van der Waals surface area contributed by atoms with Crippen molar-refractivity contribution in [3.63, 3.8) is 0 Å². The van der Waals surface area contributed by atoms with Crippen LogP contribution in [0.1, 0.15) is 12.8 Å². The lowest BCUT2D eigenvalue weighted by molar-refractivity contribution is -0.114. The molecular weight excluding hydrogens is 442 g/mol. The number of nitrogens with zero attached hydrogens (tertiary/aromatic N) is 2.